The molecule has 0 heterocycles. The van der Waals surface area contributed by atoms with E-state index in [1.54, 1.807) is 6.07 Å². The third kappa shape index (κ3) is 3.79. The molecule has 0 bridgehead atoms. The van der Waals surface area contributed by atoms with Gasteiger partial charge in [0, 0.05) is 23.7 Å². The number of aliphatic hydroxyl groups excluding tert-OH is 1. The number of halogens is 1. The number of ether oxygens (including phenoxy) is 1. The fourth-order valence-corrected chi connectivity index (χ4v) is 2.30. The zero-order chi connectivity index (χ0) is 14.5. The van der Waals surface area contributed by atoms with Crippen LogP contribution in [0.1, 0.15) is 10.4 Å². The first-order valence-corrected chi connectivity index (χ1v) is 7.04. The Balaban J connectivity index is 2.08. The Kier molecular flexibility index (Phi) is 5.11. The lowest BCUT2D eigenvalue weighted by Gasteiger charge is -2.11. The van der Waals surface area contributed by atoms with Gasteiger partial charge in [-0.2, -0.15) is 0 Å². The minimum atomic E-state index is -0.694. The maximum absolute atomic E-state index is 12.0. The summed E-state index contributed by atoms with van der Waals surface area (Å²) < 4.78 is 5.81. The molecule has 4 nitrogen and oxygen atoms in total. The number of amides is 1. The van der Waals surface area contributed by atoms with E-state index in [9.17, 15) is 9.90 Å². The zero-order valence-corrected chi connectivity index (χ0v) is 12.7. The largest absolute Gasteiger partial charge is 0.389 e. The average Bonchev–Trinajstić information content (AvgIpc) is 2.44. The highest BCUT2D eigenvalue weighted by Crippen LogP contribution is 2.20. The number of aliphatic hydroxyl groups is 1. The molecule has 0 spiro atoms. The summed E-state index contributed by atoms with van der Waals surface area (Å²) in [6, 6.07) is 11.4. The van der Waals surface area contributed by atoms with E-state index in [0.717, 1.165) is 15.2 Å². The summed E-state index contributed by atoms with van der Waals surface area (Å²) in [6.07, 6.45) is -0.694. The molecule has 0 fully saturated rings. The molecule has 106 valence electrons. The van der Waals surface area contributed by atoms with Gasteiger partial charge in [-0.25, -0.2) is 0 Å². The normalized spacial score (nSPS) is 12.3. The summed E-state index contributed by atoms with van der Waals surface area (Å²) in [5.74, 6) is -0.204. The maximum atomic E-state index is 12.0. The first-order chi connectivity index (χ1) is 9.60. The summed E-state index contributed by atoms with van der Waals surface area (Å²) in [4.78, 5) is 12.0. The van der Waals surface area contributed by atoms with Crippen molar-refractivity contribution >= 4 is 32.6 Å². The Morgan fingerprint density at radius 3 is 2.75 bits per heavy atom. The van der Waals surface area contributed by atoms with Crippen LogP contribution in [0, 0.1) is 0 Å². The highest BCUT2D eigenvalue weighted by Gasteiger charge is 2.09. The molecule has 0 aromatic heterocycles. The summed E-state index contributed by atoms with van der Waals surface area (Å²) in [7, 11) is 1.51. The van der Waals surface area contributed by atoms with Gasteiger partial charge in [0.05, 0.1) is 12.7 Å². The van der Waals surface area contributed by atoms with Crippen molar-refractivity contribution in [1.29, 1.82) is 0 Å². The second kappa shape index (κ2) is 6.83. The number of hydrogen-bond donors (Lipinski definition) is 2. The summed E-state index contributed by atoms with van der Waals surface area (Å²) in [5.41, 5.74) is 0.574. The Bertz CT molecular complexity index is 615. The van der Waals surface area contributed by atoms with Gasteiger partial charge in [0.1, 0.15) is 0 Å². The highest BCUT2D eigenvalue weighted by molar-refractivity contribution is 9.10. The molecule has 0 unspecified atom stereocenters. The third-order valence-electron chi connectivity index (χ3n) is 2.92. The number of rotatable bonds is 5. The molecule has 0 aliphatic heterocycles. The van der Waals surface area contributed by atoms with Gasteiger partial charge in [0.2, 0.25) is 0 Å². The smallest absolute Gasteiger partial charge is 0.251 e. The fourth-order valence-electron chi connectivity index (χ4n) is 1.92. The fraction of sp³-hybridized carbons (Fsp3) is 0.267. The number of hydrogen-bond acceptors (Lipinski definition) is 3. The predicted molar refractivity (Wildman–Crippen MR) is 81.9 cm³/mol. The third-order valence-corrected chi connectivity index (χ3v) is 3.42. The zero-order valence-electron chi connectivity index (χ0n) is 11.1. The van der Waals surface area contributed by atoms with Gasteiger partial charge in [-0.1, -0.05) is 28.1 Å². The lowest BCUT2D eigenvalue weighted by molar-refractivity contribution is 0.0610. The van der Waals surface area contributed by atoms with Crippen molar-refractivity contribution < 1.29 is 14.6 Å². The van der Waals surface area contributed by atoms with Crippen LogP contribution in [0.2, 0.25) is 0 Å². The van der Waals surface area contributed by atoms with Crippen molar-refractivity contribution in [2.24, 2.45) is 0 Å². The number of nitrogens with one attached hydrogen (secondary N) is 1. The van der Waals surface area contributed by atoms with E-state index in [1.807, 2.05) is 30.3 Å². The molecule has 2 aromatic rings. The van der Waals surface area contributed by atoms with E-state index >= 15 is 0 Å². The van der Waals surface area contributed by atoms with Crippen LogP contribution >= 0.6 is 15.9 Å². The molecular weight excluding hydrogens is 322 g/mol. The quantitative estimate of drug-likeness (QED) is 0.880. The molecule has 2 aromatic carbocycles. The van der Waals surface area contributed by atoms with Crippen LogP contribution in [0.25, 0.3) is 10.8 Å². The van der Waals surface area contributed by atoms with E-state index in [0.29, 0.717) is 5.56 Å². The Morgan fingerprint density at radius 2 is 2.00 bits per heavy atom. The van der Waals surface area contributed by atoms with E-state index < -0.39 is 6.10 Å². The van der Waals surface area contributed by atoms with Crippen molar-refractivity contribution in [2.45, 2.75) is 6.10 Å². The molecule has 20 heavy (non-hydrogen) atoms. The van der Waals surface area contributed by atoms with Gasteiger partial charge in [-0.05, 0) is 35.0 Å². The minimum absolute atomic E-state index is 0.172. The second-order valence-electron chi connectivity index (χ2n) is 4.53. The molecule has 5 heteroatoms. The van der Waals surface area contributed by atoms with Gasteiger partial charge in [-0.3, -0.25) is 4.79 Å². The van der Waals surface area contributed by atoms with Gasteiger partial charge >= 0.3 is 0 Å². The van der Waals surface area contributed by atoms with E-state index in [4.69, 9.17) is 4.74 Å². The molecular formula is C15H16BrNO3. The number of carbonyl (C=O) groups is 1. The SMILES string of the molecule is COC[C@@H](O)CNC(=O)c1ccc2cc(Br)ccc2c1. The van der Waals surface area contributed by atoms with Crippen molar-refractivity contribution in [3.8, 4) is 0 Å². The van der Waals surface area contributed by atoms with Crippen molar-refractivity contribution in [3.05, 3.63) is 46.4 Å². The van der Waals surface area contributed by atoms with Crippen molar-refractivity contribution in [2.75, 3.05) is 20.3 Å². The Hall–Kier alpha value is -1.43. The second-order valence-corrected chi connectivity index (χ2v) is 5.44. The van der Waals surface area contributed by atoms with E-state index in [1.165, 1.54) is 7.11 Å². The molecule has 0 saturated carbocycles. The number of fused-ring (bicyclic) bond motifs is 1. The minimum Gasteiger partial charge on any atom is -0.389 e. The van der Waals surface area contributed by atoms with Crippen LogP contribution in [-0.4, -0.2) is 37.4 Å². The Morgan fingerprint density at radius 1 is 1.30 bits per heavy atom. The van der Waals surface area contributed by atoms with Gasteiger partial charge < -0.3 is 15.2 Å². The lowest BCUT2D eigenvalue weighted by atomic mass is 10.1. The first-order valence-electron chi connectivity index (χ1n) is 6.24. The van der Waals surface area contributed by atoms with Crippen LogP contribution in [0.3, 0.4) is 0 Å². The molecule has 0 saturated heterocycles. The number of carbonyl (C=O) groups excluding carboxylic acids is 1. The molecule has 0 aliphatic rings. The number of methoxy groups -OCH3 is 1. The monoisotopic (exact) mass is 337 g/mol. The first kappa shape index (κ1) is 15.0. The standard InChI is InChI=1S/C15H16BrNO3/c1-20-9-14(18)8-17-15(19)12-3-2-11-7-13(16)5-4-10(11)6-12/h2-7,14,18H,8-9H2,1H3,(H,17,19)/t14-/m0/s1. The van der Waals surface area contributed by atoms with E-state index in [-0.39, 0.29) is 19.1 Å². The van der Waals surface area contributed by atoms with Crippen LogP contribution in [0.15, 0.2) is 40.9 Å². The molecule has 1 atom stereocenters. The number of benzene rings is 2. The lowest BCUT2D eigenvalue weighted by Crippen LogP contribution is -2.34. The molecule has 2 N–H and O–H groups in total. The molecule has 0 radical (unpaired) electrons. The van der Waals surface area contributed by atoms with Crippen LogP contribution in [-0.2, 0) is 4.74 Å². The molecule has 2 rings (SSSR count). The average molecular weight is 338 g/mol. The van der Waals surface area contributed by atoms with Gasteiger partial charge in [0.15, 0.2) is 0 Å². The van der Waals surface area contributed by atoms with Crippen LogP contribution in [0.4, 0.5) is 0 Å². The summed E-state index contributed by atoms with van der Waals surface area (Å²) in [6.45, 7) is 0.372. The van der Waals surface area contributed by atoms with Gasteiger partial charge in [0.25, 0.3) is 5.91 Å². The summed E-state index contributed by atoms with van der Waals surface area (Å²) >= 11 is 3.42. The molecule has 1 amide bonds. The maximum Gasteiger partial charge on any atom is 0.251 e. The Labute approximate surface area is 125 Å². The van der Waals surface area contributed by atoms with E-state index in [2.05, 4.69) is 21.2 Å². The summed E-state index contributed by atoms with van der Waals surface area (Å²) in [5, 5.41) is 14.2. The van der Waals surface area contributed by atoms with Crippen LogP contribution < -0.4 is 5.32 Å². The molecule has 0 aliphatic carbocycles. The van der Waals surface area contributed by atoms with Gasteiger partial charge in [-0.15, -0.1) is 0 Å². The highest BCUT2D eigenvalue weighted by atomic mass is 79.9. The van der Waals surface area contributed by atoms with Crippen LogP contribution in [0.5, 0.6) is 0 Å². The predicted octanol–water partition coefficient (Wildman–Crippen LogP) is 2.34. The van der Waals surface area contributed by atoms with Crippen molar-refractivity contribution in [1.82, 2.24) is 5.32 Å². The van der Waals surface area contributed by atoms with Crippen molar-refractivity contribution in [3.63, 3.8) is 0 Å². The topological polar surface area (TPSA) is 58.6 Å².